The number of nitrogens with one attached hydrogen (secondary N) is 1. The van der Waals surface area contributed by atoms with E-state index in [9.17, 15) is 10.2 Å². The lowest BCUT2D eigenvalue weighted by Crippen LogP contribution is -2.68. The van der Waals surface area contributed by atoms with Crippen LogP contribution in [0.15, 0.2) is 0 Å². The maximum Gasteiger partial charge on any atom is 0.350 e. The number of alkyl halides is 3. The Bertz CT molecular complexity index is 560. The summed E-state index contributed by atoms with van der Waals surface area (Å²) >= 11 is 16.9. The fourth-order valence-corrected chi connectivity index (χ4v) is 9.00. The summed E-state index contributed by atoms with van der Waals surface area (Å²) in [5.74, 6) is -0.674. The Morgan fingerprint density at radius 1 is 1.04 bits per heavy atom. The average molecular weight is 465 g/mol. The van der Waals surface area contributed by atoms with Crippen molar-refractivity contribution in [2.75, 3.05) is 6.61 Å². The SMILES string of the molecule is CC(C)(C)[Si]1(C(C)(C)C)O[C@H]2[C@@H](OC(OC(=N)C(Cl)(Cl)Cl)[C@@H]2O)[C@@H](CO)O1. The van der Waals surface area contributed by atoms with Crippen molar-refractivity contribution in [1.82, 2.24) is 0 Å². The number of hydrogen-bond donors (Lipinski definition) is 3. The van der Waals surface area contributed by atoms with Crippen molar-refractivity contribution in [1.29, 1.82) is 5.41 Å². The molecule has 2 aliphatic rings. The molecule has 0 radical (unpaired) electrons. The van der Waals surface area contributed by atoms with Gasteiger partial charge < -0.3 is 28.5 Å². The number of halogens is 3. The van der Waals surface area contributed by atoms with E-state index in [4.69, 9.17) is 58.5 Å². The van der Waals surface area contributed by atoms with Crippen molar-refractivity contribution >= 4 is 49.3 Å². The Morgan fingerprint density at radius 3 is 1.96 bits per heavy atom. The Hall–Kier alpha value is 0.357. The van der Waals surface area contributed by atoms with Gasteiger partial charge in [-0.25, -0.2) is 0 Å². The predicted molar refractivity (Wildman–Crippen MR) is 106 cm³/mol. The lowest BCUT2D eigenvalue weighted by atomic mass is 10.1. The third-order valence-electron chi connectivity index (χ3n) is 4.86. The summed E-state index contributed by atoms with van der Waals surface area (Å²) in [7, 11) is -2.99. The molecule has 0 aromatic rings. The molecule has 2 fully saturated rings. The fraction of sp³-hybridized carbons (Fsp3) is 0.938. The summed E-state index contributed by atoms with van der Waals surface area (Å²) in [6.07, 6.45) is -4.79. The number of hydrogen-bond acceptors (Lipinski definition) is 7. The number of aliphatic hydroxyl groups is 2. The van der Waals surface area contributed by atoms with Crippen molar-refractivity contribution < 1.29 is 28.5 Å². The van der Waals surface area contributed by atoms with Gasteiger partial charge in [0.15, 0.2) is 0 Å². The molecule has 2 heterocycles. The topological polar surface area (TPSA) is 101 Å². The van der Waals surface area contributed by atoms with Crippen molar-refractivity contribution in [3.63, 3.8) is 0 Å². The fourth-order valence-electron chi connectivity index (χ4n) is 3.85. The quantitative estimate of drug-likeness (QED) is 0.251. The molecule has 2 saturated heterocycles. The van der Waals surface area contributed by atoms with E-state index in [0.717, 1.165) is 0 Å². The van der Waals surface area contributed by atoms with E-state index in [2.05, 4.69) is 0 Å². The lowest BCUT2D eigenvalue weighted by molar-refractivity contribution is -0.155. The van der Waals surface area contributed by atoms with Crippen LogP contribution < -0.4 is 0 Å². The van der Waals surface area contributed by atoms with E-state index in [1.165, 1.54) is 0 Å². The molecule has 0 aliphatic carbocycles. The Morgan fingerprint density at radius 2 is 1.56 bits per heavy atom. The number of ether oxygens (including phenoxy) is 2. The third kappa shape index (κ3) is 4.29. The molecule has 2 aliphatic heterocycles. The minimum Gasteiger partial charge on any atom is -0.445 e. The highest BCUT2D eigenvalue weighted by Crippen LogP contribution is 2.56. The lowest BCUT2D eigenvalue weighted by Gasteiger charge is -2.55. The van der Waals surface area contributed by atoms with E-state index < -0.39 is 49.0 Å². The highest BCUT2D eigenvalue weighted by Gasteiger charge is 2.67. The summed E-state index contributed by atoms with van der Waals surface area (Å²) in [4.78, 5) is 0. The molecule has 27 heavy (non-hydrogen) atoms. The smallest absolute Gasteiger partial charge is 0.350 e. The van der Waals surface area contributed by atoms with Crippen molar-refractivity contribution in [2.24, 2.45) is 0 Å². The first-order valence-corrected chi connectivity index (χ1v) is 11.6. The first kappa shape index (κ1) is 23.6. The van der Waals surface area contributed by atoms with E-state index in [0.29, 0.717) is 0 Å². The largest absolute Gasteiger partial charge is 0.445 e. The maximum absolute atomic E-state index is 10.8. The van der Waals surface area contributed by atoms with Gasteiger partial charge in [0.2, 0.25) is 12.2 Å². The zero-order valence-electron chi connectivity index (χ0n) is 16.3. The average Bonchev–Trinajstić information content (AvgIpc) is 2.79. The van der Waals surface area contributed by atoms with Crippen LogP contribution in [0.25, 0.3) is 0 Å². The van der Waals surface area contributed by atoms with Gasteiger partial charge in [0.25, 0.3) is 3.79 Å². The molecule has 0 saturated carbocycles. The summed E-state index contributed by atoms with van der Waals surface area (Å²) in [6.45, 7) is 11.8. The van der Waals surface area contributed by atoms with E-state index in [1.807, 2.05) is 41.5 Å². The molecule has 0 spiro atoms. The second-order valence-electron chi connectivity index (χ2n) is 8.94. The van der Waals surface area contributed by atoms with Gasteiger partial charge in [-0.3, -0.25) is 5.41 Å². The minimum atomic E-state index is -2.99. The molecule has 3 N–H and O–H groups in total. The van der Waals surface area contributed by atoms with Crippen LogP contribution in [0.5, 0.6) is 0 Å². The zero-order chi connectivity index (χ0) is 21.0. The van der Waals surface area contributed by atoms with Crippen LogP contribution >= 0.6 is 34.8 Å². The minimum absolute atomic E-state index is 0.313. The van der Waals surface area contributed by atoms with Gasteiger partial charge in [0.1, 0.15) is 18.3 Å². The molecule has 2 rings (SSSR count). The molecule has 5 atom stereocenters. The molecular weight excluding hydrogens is 437 g/mol. The molecule has 158 valence electrons. The van der Waals surface area contributed by atoms with Crippen LogP contribution in [0.3, 0.4) is 0 Å². The molecular formula is C16H28Cl3NO6Si. The molecule has 11 heteroatoms. The van der Waals surface area contributed by atoms with E-state index >= 15 is 0 Å². The second kappa shape index (κ2) is 7.56. The van der Waals surface area contributed by atoms with Crippen LogP contribution in [0.1, 0.15) is 41.5 Å². The van der Waals surface area contributed by atoms with Gasteiger partial charge in [-0.15, -0.1) is 0 Å². The van der Waals surface area contributed by atoms with Crippen LogP contribution in [-0.4, -0.2) is 65.8 Å². The van der Waals surface area contributed by atoms with Crippen LogP contribution in [-0.2, 0) is 18.3 Å². The van der Waals surface area contributed by atoms with Gasteiger partial charge in [-0.05, 0) is 0 Å². The molecule has 0 bridgehead atoms. The van der Waals surface area contributed by atoms with Gasteiger partial charge in [0, 0.05) is 10.1 Å². The Labute approximate surface area is 175 Å². The summed E-state index contributed by atoms with van der Waals surface area (Å²) in [5, 5.41) is 27.7. The first-order chi connectivity index (χ1) is 12.0. The van der Waals surface area contributed by atoms with Crippen molar-refractivity contribution in [3.05, 3.63) is 0 Å². The van der Waals surface area contributed by atoms with Gasteiger partial charge in [-0.1, -0.05) is 76.3 Å². The number of aliphatic hydroxyl groups excluding tert-OH is 2. The monoisotopic (exact) mass is 463 g/mol. The predicted octanol–water partition coefficient (Wildman–Crippen LogP) is 3.25. The molecule has 0 amide bonds. The number of rotatable bonds is 2. The van der Waals surface area contributed by atoms with Gasteiger partial charge in [0.05, 0.1) is 12.7 Å². The Balaban J connectivity index is 2.36. The summed E-state index contributed by atoms with van der Waals surface area (Å²) in [5.41, 5.74) is 0. The molecule has 7 nitrogen and oxygen atoms in total. The molecule has 0 aromatic carbocycles. The zero-order valence-corrected chi connectivity index (χ0v) is 19.5. The van der Waals surface area contributed by atoms with Crippen LogP contribution in [0, 0.1) is 5.41 Å². The molecule has 1 unspecified atom stereocenters. The number of fused-ring (bicyclic) bond motifs is 1. The molecule has 0 aromatic heterocycles. The van der Waals surface area contributed by atoms with Crippen LogP contribution in [0.4, 0.5) is 0 Å². The van der Waals surface area contributed by atoms with Gasteiger partial charge in [-0.2, -0.15) is 0 Å². The van der Waals surface area contributed by atoms with Crippen molar-refractivity contribution in [2.45, 2.75) is 86.1 Å². The normalized spacial score (nSPS) is 34.3. The summed E-state index contributed by atoms with van der Waals surface area (Å²) in [6, 6.07) is 0. The highest BCUT2D eigenvalue weighted by molar-refractivity contribution is 6.76. The Kier molecular flexibility index (Phi) is 6.61. The van der Waals surface area contributed by atoms with Crippen molar-refractivity contribution in [3.8, 4) is 0 Å². The first-order valence-electron chi connectivity index (χ1n) is 8.67. The summed E-state index contributed by atoms with van der Waals surface area (Å²) < 4.78 is 21.7. The van der Waals surface area contributed by atoms with Crippen LogP contribution in [0.2, 0.25) is 10.1 Å². The standard InChI is InChI=1S/C16H28Cl3NO6Si/c1-14(2,3)27(15(4,5)6)25-8(7-21)10-11(26-27)9(22)12(23-10)24-13(20)16(17,18)19/h8-12,20-22H,7H2,1-6H3/t8-,9-,10+,11-,12?/m1/s1. The second-order valence-corrected chi connectivity index (χ2v) is 15.9. The van der Waals surface area contributed by atoms with Gasteiger partial charge >= 0.3 is 8.56 Å². The third-order valence-corrected chi connectivity index (χ3v) is 10.6. The van der Waals surface area contributed by atoms with E-state index in [-0.39, 0.29) is 16.7 Å². The van der Waals surface area contributed by atoms with E-state index in [1.54, 1.807) is 0 Å². The maximum atomic E-state index is 10.8. The highest BCUT2D eigenvalue weighted by atomic mass is 35.6.